The lowest BCUT2D eigenvalue weighted by atomic mass is 10.0. The molecule has 0 aromatic carbocycles. The molecule has 5 nitrogen and oxygen atoms in total. The minimum atomic E-state index is -0.628. The molecular weight excluding hydrogens is 342 g/mol. The Morgan fingerprint density at radius 3 is 1.78 bits per heavy atom. The Labute approximate surface area is 167 Å². The van der Waals surface area contributed by atoms with Gasteiger partial charge < -0.3 is 14.8 Å². The van der Waals surface area contributed by atoms with Crippen molar-refractivity contribution in [2.45, 2.75) is 111 Å². The van der Waals surface area contributed by atoms with E-state index >= 15 is 0 Å². The number of amides is 1. The lowest BCUT2D eigenvalue weighted by Crippen LogP contribution is -2.43. The Kier molecular flexibility index (Phi) is 17.3. The summed E-state index contributed by atoms with van der Waals surface area (Å²) in [4.78, 5) is 23.8. The molecule has 0 spiro atoms. The minimum Gasteiger partial charge on any atom is -0.464 e. The molecule has 0 radical (unpaired) electrons. The molecule has 0 fully saturated rings. The summed E-state index contributed by atoms with van der Waals surface area (Å²) in [7, 11) is 0. The topological polar surface area (TPSA) is 64.6 Å². The van der Waals surface area contributed by atoms with Crippen LogP contribution in [0.3, 0.4) is 0 Å². The van der Waals surface area contributed by atoms with Crippen LogP contribution in [0.15, 0.2) is 0 Å². The van der Waals surface area contributed by atoms with Crippen molar-refractivity contribution in [1.29, 1.82) is 0 Å². The second kappa shape index (κ2) is 18.1. The van der Waals surface area contributed by atoms with E-state index in [4.69, 9.17) is 9.47 Å². The molecule has 1 N–H and O–H groups in total. The zero-order chi connectivity index (χ0) is 20.3. The molecule has 0 heterocycles. The molecule has 0 saturated heterocycles. The van der Waals surface area contributed by atoms with Crippen molar-refractivity contribution < 1.29 is 19.1 Å². The summed E-state index contributed by atoms with van der Waals surface area (Å²) < 4.78 is 10.2. The van der Waals surface area contributed by atoms with Crippen LogP contribution in [0.25, 0.3) is 0 Å². The standard InChI is InChI=1S/C22H43NO4/c1-5-7-8-9-10-11-12-13-14-15-16-17-27-21(24)20(18-19(3)4)23-22(25)26-6-2/h19-20H,5-18H2,1-4H3,(H,23,25)/t20-/m0/s1. The van der Waals surface area contributed by atoms with E-state index in [1.54, 1.807) is 6.92 Å². The maximum Gasteiger partial charge on any atom is 0.407 e. The van der Waals surface area contributed by atoms with Crippen molar-refractivity contribution in [2.24, 2.45) is 5.92 Å². The van der Waals surface area contributed by atoms with E-state index in [0.29, 0.717) is 13.0 Å². The normalized spacial score (nSPS) is 12.0. The molecule has 0 bridgehead atoms. The number of unbranched alkanes of at least 4 members (excludes halogenated alkanes) is 10. The molecule has 160 valence electrons. The largest absolute Gasteiger partial charge is 0.464 e. The Hall–Kier alpha value is -1.26. The maximum absolute atomic E-state index is 12.2. The molecule has 0 aliphatic carbocycles. The summed E-state index contributed by atoms with van der Waals surface area (Å²) in [5, 5.41) is 2.61. The Balaban J connectivity index is 3.74. The van der Waals surface area contributed by atoms with Gasteiger partial charge in [-0.15, -0.1) is 0 Å². The summed E-state index contributed by atoms with van der Waals surface area (Å²) in [6, 6.07) is -0.628. The highest BCUT2D eigenvalue weighted by Gasteiger charge is 2.23. The third-order valence-corrected chi connectivity index (χ3v) is 4.55. The Morgan fingerprint density at radius 2 is 1.30 bits per heavy atom. The van der Waals surface area contributed by atoms with Crippen LogP contribution in [0, 0.1) is 5.92 Å². The van der Waals surface area contributed by atoms with Gasteiger partial charge in [0.2, 0.25) is 0 Å². The maximum atomic E-state index is 12.2. The summed E-state index contributed by atoms with van der Waals surface area (Å²) in [5.74, 6) is -0.0738. The van der Waals surface area contributed by atoms with E-state index in [0.717, 1.165) is 12.8 Å². The second-order valence-electron chi connectivity index (χ2n) is 7.75. The molecule has 0 rings (SSSR count). The summed E-state index contributed by atoms with van der Waals surface area (Å²) in [5.41, 5.74) is 0. The summed E-state index contributed by atoms with van der Waals surface area (Å²) in [6.07, 6.45) is 13.9. The first-order chi connectivity index (χ1) is 13.0. The fourth-order valence-electron chi connectivity index (χ4n) is 3.04. The molecular formula is C22H43NO4. The number of ether oxygens (including phenoxy) is 2. The van der Waals surface area contributed by atoms with Gasteiger partial charge in [-0.25, -0.2) is 9.59 Å². The zero-order valence-electron chi connectivity index (χ0n) is 18.2. The molecule has 5 heteroatoms. The summed E-state index contributed by atoms with van der Waals surface area (Å²) in [6.45, 7) is 8.72. The van der Waals surface area contributed by atoms with Crippen LogP contribution in [-0.2, 0) is 14.3 Å². The van der Waals surface area contributed by atoms with Crippen LogP contribution in [0.2, 0.25) is 0 Å². The number of esters is 1. The molecule has 0 aromatic heterocycles. The van der Waals surface area contributed by atoms with Crippen LogP contribution in [0.4, 0.5) is 4.79 Å². The van der Waals surface area contributed by atoms with Crippen molar-refractivity contribution in [3.63, 3.8) is 0 Å². The van der Waals surface area contributed by atoms with E-state index in [1.807, 2.05) is 13.8 Å². The van der Waals surface area contributed by atoms with E-state index in [-0.39, 0.29) is 18.5 Å². The van der Waals surface area contributed by atoms with Crippen LogP contribution < -0.4 is 5.32 Å². The number of hydrogen-bond acceptors (Lipinski definition) is 4. The van der Waals surface area contributed by atoms with Gasteiger partial charge in [-0.05, 0) is 25.7 Å². The Morgan fingerprint density at radius 1 is 0.778 bits per heavy atom. The van der Waals surface area contributed by atoms with Gasteiger partial charge in [0.1, 0.15) is 6.04 Å². The lowest BCUT2D eigenvalue weighted by molar-refractivity contribution is -0.146. The molecule has 1 atom stereocenters. The summed E-state index contributed by atoms with van der Waals surface area (Å²) >= 11 is 0. The lowest BCUT2D eigenvalue weighted by Gasteiger charge is -2.19. The zero-order valence-corrected chi connectivity index (χ0v) is 18.2. The first-order valence-electron chi connectivity index (χ1n) is 11.1. The predicted octanol–water partition coefficient (Wildman–Crippen LogP) is 6.00. The highest BCUT2D eigenvalue weighted by Crippen LogP contribution is 2.12. The number of carbonyl (C=O) groups excluding carboxylic acids is 2. The monoisotopic (exact) mass is 385 g/mol. The fourth-order valence-corrected chi connectivity index (χ4v) is 3.04. The van der Waals surface area contributed by atoms with Crippen LogP contribution in [0.5, 0.6) is 0 Å². The molecule has 0 aliphatic rings. The molecule has 0 aliphatic heterocycles. The van der Waals surface area contributed by atoms with E-state index in [1.165, 1.54) is 57.8 Å². The first-order valence-corrected chi connectivity index (χ1v) is 11.1. The fraction of sp³-hybridized carbons (Fsp3) is 0.909. The van der Waals surface area contributed by atoms with Crippen LogP contribution >= 0.6 is 0 Å². The van der Waals surface area contributed by atoms with E-state index < -0.39 is 12.1 Å². The van der Waals surface area contributed by atoms with Gasteiger partial charge >= 0.3 is 12.1 Å². The van der Waals surface area contributed by atoms with E-state index in [9.17, 15) is 9.59 Å². The predicted molar refractivity (Wildman–Crippen MR) is 111 cm³/mol. The molecule has 0 unspecified atom stereocenters. The van der Waals surface area contributed by atoms with Crippen LogP contribution in [-0.4, -0.2) is 31.3 Å². The van der Waals surface area contributed by atoms with Gasteiger partial charge in [-0.2, -0.15) is 0 Å². The third-order valence-electron chi connectivity index (χ3n) is 4.55. The van der Waals surface area contributed by atoms with Crippen molar-refractivity contribution in [2.75, 3.05) is 13.2 Å². The number of carbonyl (C=O) groups is 2. The molecule has 27 heavy (non-hydrogen) atoms. The first kappa shape index (κ1) is 25.7. The van der Waals surface area contributed by atoms with E-state index in [2.05, 4.69) is 12.2 Å². The van der Waals surface area contributed by atoms with Gasteiger partial charge in [0, 0.05) is 0 Å². The van der Waals surface area contributed by atoms with Crippen molar-refractivity contribution in [3.05, 3.63) is 0 Å². The van der Waals surface area contributed by atoms with Crippen molar-refractivity contribution in [3.8, 4) is 0 Å². The average molecular weight is 386 g/mol. The van der Waals surface area contributed by atoms with Crippen molar-refractivity contribution in [1.82, 2.24) is 5.32 Å². The number of hydrogen-bond donors (Lipinski definition) is 1. The second-order valence-corrected chi connectivity index (χ2v) is 7.75. The minimum absolute atomic E-state index is 0.284. The molecule has 0 aromatic rings. The van der Waals surface area contributed by atoms with Gasteiger partial charge in [0.25, 0.3) is 0 Å². The Bertz CT molecular complexity index is 371. The molecule has 1 amide bonds. The number of rotatable bonds is 17. The number of alkyl carbamates (subject to hydrolysis) is 1. The third kappa shape index (κ3) is 16.6. The highest BCUT2D eigenvalue weighted by molar-refractivity contribution is 5.81. The SMILES string of the molecule is CCCCCCCCCCCCCOC(=O)[C@H](CC(C)C)NC(=O)OCC. The smallest absolute Gasteiger partial charge is 0.407 e. The molecule has 0 saturated carbocycles. The van der Waals surface area contributed by atoms with Gasteiger partial charge in [0.05, 0.1) is 13.2 Å². The van der Waals surface area contributed by atoms with Crippen LogP contribution in [0.1, 0.15) is 105 Å². The van der Waals surface area contributed by atoms with Gasteiger partial charge in [0.15, 0.2) is 0 Å². The average Bonchev–Trinajstić information content (AvgIpc) is 2.61. The number of nitrogens with one attached hydrogen (secondary N) is 1. The van der Waals surface area contributed by atoms with Gasteiger partial charge in [-0.3, -0.25) is 0 Å². The highest BCUT2D eigenvalue weighted by atomic mass is 16.6. The van der Waals surface area contributed by atoms with Gasteiger partial charge in [-0.1, -0.05) is 85.0 Å². The van der Waals surface area contributed by atoms with Crippen molar-refractivity contribution >= 4 is 12.1 Å². The quantitative estimate of drug-likeness (QED) is 0.246.